The van der Waals surface area contributed by atoms with Gasteiger partial charge in [0.25, 0.3) is 0 Å². The van der Waals surface area contributed by atoms with Gasteiger partial charge < -0.3 is 14.7 Å². The molecule has 1 atom stereocenters. The topological polar surface area (TPSA) is 49.8 Å². The van der Waals surface area contributed by atoms with Crippen LogP contribution in [0.4, 0.5) is 0 Å². The maximum absolute atomic E-state index is 11.0. The Balaban J connectivity index is 2.39. The Labute approximate surface area is 110 Å². The second-order valence-electron chi connectivity index (χ2n) is 4.99. The van der Waals surface area contributed by atoms with Gasteiger partial charge in [-0.2, -0.15) is 0 Å². The Hall–Kier alpha value is -0.610. The summed E-state index contributed by atoms with van der Waals surface area (Å²) in [4.78, 5) is 13.4. The summed E-state index contributed by atoms with van der Waals surface area (Å²) >= 11 is 0. The van der Waals surface area contributed by atoms with Crippen LogP contribution < -0.4 is 0 Å². The molecule has 0 aromatic heterocycles. The Morgan fingerprint density at radius 3 is 2.50 bits per heavy atom. The fourth-order valence-electron chi connectivity index (χ4n) is 2.81. The molecule has 0 aromatic rings. The highest BCUT2D eigenvalue weighted by Gasteiger charge is 2.23. The second kappa shape index (κ2) is 8.48. The lowest BCUT2D eigenvalue weighted by atomic mass is 9.94. The van der Waals surface area contributed by atoms with Crippen LogP contribution >= 0.6 is 0 Å². The van der Waals surface area contributed by atoms with E-state index in [2.05, 4.69) is 11.8 Å². The van der Waals surface area contributed by atoms with Gasteiger partial charge in [0.1, 0.15) is 0 Å². The van der Waals surface area contributed by atoms with Crippen molar-refractivity contribution in [3.63, 3.8) is 0 Å². The molecule has 0 bridgehead atoms. The van der Waals surface area contributed by atoms with Crippen LogP contribution in [0.15, 0.2) is 0 Å². The third-order valence-corrected chi connectivity index (χ3v) is 3.82. The number of ether oxygens (including phenoxy) is 1. The minimum atomic E-state index is -0.837. The highest BCUT2D eigenvalue weighted by atomic mass is 16.5. The molecule has 0 amide bonds. The van der Waals surface area contributed by atoms with Crippen molar-refractivity contribution in [3.05, 3.63) is 0 Å². The van der Waals surface area contributed by atoms with Crippen LogP contribution in [0.25, 0.3) is 0 Å². The lowest BCUT2D eigenvalue weighted by Crippen LogP contribution is -2.39. The standard InChI is InChI=1S/C14H27NO3/c1-3-15(12-8-6-5-7-9-12)11-10-13(14(16)17)18-4-2/h12-13H,3-11H2,1-2H3,(H,16,17). The molecule has 0 saturated heterocycles. The number of hydrogen-bond acceptors (Lipinski definition) is 3. The van der Waals surface area contributed by atoms with Crippen LogP contribution in [0, 0.1) is 0 Å². The van der Waals surface area contributed by atoms with E-state index in [9.17, 15) is 4.79 Å². The third kappa shape index (κ3) is 4.94. The zero-order valence-electron chi connectivity index (χ0n) is 11.7. The smallest absolute Gasteiger partial charge is 0.332 e. The van der Waals surface area contributed by atoms with Gasteiger partial charge in [-0.15, -0.1) is 0 Å². The summed E-state index contributed by atoms with van der Waals surface area (Å²) in [5, 5.41) is 9.06. The van der Waals surface area contributed by atoms with E-state index in [0.717, 1.165) is 13.1 Å². The molecule has 1 aliphatic rings. The molecule has 1 rings (SSSR count). The SMILES string of the molecule is CCOC(CCN(CC)C1CCCCC1)C(=O)O. The molecular formula is C14H27NO3. The first-order valence-electron chi connectivity index (χ1n) is 7.27. The maximum Gasteiger partial charge on any atom is 0.332 e. The Morgan fingerprint density at radius 2 is 2.00 bits per heavy atom. The van der Waals surface area contributed by atoms with E-state index in [1.54, 1.807) is 0 Å². The fourth-order valence-corrected chi connectivity index (χ4v) is 2.81. The lowest BCUT2D eigenvalue weighted by Gasteiger charge is -2.34. The van der Waals surface area contributed by atoms with Gasteiger partial charge in [0.15, 0.2) is 6.10 Å². The Kier molecular flexibility index (Phi) is 7.28. The van der Waals surface area contributed by atoms with Crippen LogP contribution in [-0.2, 0) is 9.53 Å². The van der Waals surface area contributed by atoms with Gasteiger partial charge in [-0.1, -0.05) is 26.2 Å². The lowest BCUT2D eigenvalue weighted by molar-refractivity contribution is -0.150. The summed E-state index contributed by atoms with van der Waals surface area (Å²) in [5.41, 5.74) is 0. The Bertz CT molecular complexity index is 239. The number of nitrogens with zero attached hydrogens (tertiary/aromatic N) is 1. The first-order chi connectivity index (χ1) is 8.69. The maximum atomic E-state index is 11.0. The zero-order valence-corrected chi connectivity index (χ0v) is 11.7. The van der Waals surface area contributed by atoms with Crippen LogP contribution in [-0.4, -0.2) is 47.8 Å². The number of carbonyl (C=O) groups is 1. The van der Waals surface area contributed by atoms with Gasteiger partial charge in [-0.3, -0.25) is 0 Å². The average molecular weight is 257 g/mol. The van der Waals surface area contributed by atoms with Crippen molar-refractivity contribution in [1.29, 1.82) is 0 Å². The number of aliphatic carboxylic acids is 1. The van der Waals surface area contributed by atoms with Crippen LogP contribution in [0.3, 0.4) is 0 Å². The highest BCUT2D eigenvalue weighted by molar-refractivity contribution is 5.72. The molecule has 0 radical (unpaired) electrons. The number of rotatable bonds is 8. The molecule has 106 valence electrons. The van der Waals surface area contributed by atoms with E-state index in [0.29, 0.717) is 19.1 Å². The zero-order chi connectivity index (χ0) is 13.4. The predicted octanol–water partition coefficient (Wildman–Crippen LogP) is 2.52. The van der Waals surface area contributed by atoms with Crippen molar-refractivity contribution in [2.75, 3.05) is 19.7 Å². The third-order valence-electron chi connectivity index (χ3n) is 3.82. The van der Waals surface area contributed by atoms with Gasteiger partial charge >= 0.3 is 5.97 Å². The summed E-state index contributed by atoms with van der Waals surface area (Å²) in [5.74, 6) is -0.837. The number of carboxylic acid groups (broad SMARTS) is 1. The van der Waals surface area contributed by atoms with Gasteiger partial charge in [-0.25, -0.2) is 4.79 Å². The van der Waals surface area contributed by atoms with Crippen LogP contribution in [0.2, 0.25) is 0 Å². The molecule has 4 nitrogen and oxygen atoms in total. The van der Waals surface area contributed by atoms with Crippen molar-refractivity contribution < 1.29 is 14.6 Å². The fraction of sp³-hybridized carbons (Fsp3) is 0.929. The number of carboxylic acids is 1. The van der Waals surface area contributed by atoms with Crippen molar-refractivity contribution in [1.82, 2.24) is 4.90 Å². The van der Waals surface area contributed by atoms with Gasteiger partial charge in [0.05, 0.1) is 0 Å². The highest BCUT2D eigenvalue weighted by Crippen LogP contribution is 2.22. The molecule has 18 heavy (non-hydrogen) atoms. The summed E-state index contributed by atoms with van der Waals surface area (Å²) in [6, 6.07) is 0.653. The average Bonchev–Trinajstić information content (AvgIpc) is 2.39. The van der Waals surface area contributed by atoms with E-state index in [1.807, 2.05) is 6.92 Å². The minimum absolute atomic E-state index is 0.465. The molecular weight excluding hydrogens is 230 g/mol. The summed E-state index contributed by atoms with van der Waals surface area (Å²) < 4.78 is 5.26. The van der Waals surface area contributed by atoms with E-state index >= 15 is 0 Å². The van der Waals surface area contributed by atoms with Crippen molar-refractivity contribution in [2.24, 2.45) is 0 Å². The van der Waals surface area contributed by atoms with E-state index in [1.165, 1.54) is 32.1 Å². The molecule has 0 spiro atoms. The van der Waals surface area contributed by atoms with Gasteiger partial charge in [0, 0.05) is 19.2 Å². The van der Waals surface area contributed by atoms with E-state index in [4.69, 9.17) is 9.84 Å². The van der Waals surface area contributed by atoms with Gasteiger partial charge in [-0.05, 0) is 32.7 Å². The van der Waals surface area contributed by atoms with Crippen molar-refractivity contribution in [2.45, 2.75) is 64.5 Å². The monoisotopic (exact) mass is 257 g/mol. The molecule has 0 heterocycles. The molecule has 1 aliphatic carbocycles. The quantitative estimate of drug-likeness (QED) is 0.726. The summed E-state index contributed by atoms with van der Waals surface area (Å²) in [6.07, 6.45) is 6.45. The van der Waals surface area contributed by atoms with Crippen molar-refractivity contribution >= 4 is 5.97 Å². The van der Waals surface area contributed by atoms with Crippen molar-refractivity contribution in [3.8, 4) is 0 Å². The van der Waals surface area contributed by atoms with E-state index < -0.39 is 12.1 Å². The predicted molar refractivity (Wildman–Crippen MR) is 71.8 cm³/mol. The molecule has 0 aliphatic heterocycles. The normalized spacial score (nSPS) is 19.1. The van der Waals surface area contributed by atoms with Crippen LogP contribution in [0.5, 0.6) is 0 Å². The van der Waals surface area contributed by atoms with Crippen LogP contribution in [0.1, 0.15) is 52.4 Å². The first kappa shape index (κ1) is 15.4. The second-order valence-corrected chi connectivity index (χ2v) is 4.99. The Morgan fingerprint density at radius 1 is 1.33 bits per heavy atom. The largest absolute Gasteiger partial charge is 0.479 e. The van der Waals surface area contributed by atoms with Gasteiger partial charge in [0.2, 0.25) is 0 Å². The summed E-state index contributed by atoms with van der Waals surface area (Å²) in [7, 11) is 0. The minimum Gasteiger partial charge on any atom is -0.479 e. The number of hydrogen-bond donors (Lipinski definition) is 1. The van der Waals surface area contributed by atoms with E-state index in [-0.39, 0.29) is 0 Å². The molecule has 1 saturated carbocycles. The molecule has 1 unspecified atom stereocenters. The molecule has 4 heteroatoms. The molecule has 0 aromatic carbocycles. The molecule has 1 N–H and O–H groups in total. The molecule has 1 fully saturated rings. The summed E-state index contributed by atoms with van der Waals surface area (Å²) in [6.45, 7) is 6.30. The first-order valence-corrected chi connectivity index (χ1v) is 7.27.